The van der Waals surface area contributed by atoms with Crippen LogP contribution in [0.25, 0.3) is 0 Å². The molecule has 0 aromatic heterocycles. The molecule has 4 atom stereocenters. The number of aldehydes is 1. The lowest BCUT2D eigenvalue weighted by atomic mass is 9.50. The molecule has 0 bridgehead atoms. The minimum Gasteiger partial charge on any atom is -0.486 e. The summed E-state index contributed by atoms with van der Waals surface area (Å²) in [4.78, 5) is 10.6. The zero-order valence-electron chi connectivity index (χ0n) is 16.9. The van der Waals surface area contributed by atoms with Crippen molar-refractivity contribution in [1.82, 2.24) is 0 Å². The van der Waals surface area contributed by atoms with Crippen molar-refractivity contribution in [3.8, 4) is 5.75 Å². The zero-order valence-corrected chi connectivity index (χ0v) is 16.9. The third kappa shape index (κ3) is 3.16. The van der Waals surface area contributed by atoms with Gasteiger partial charge in [-0.1, -0.05) is 43.3 Å². The summed E-state index contributed by atoms with van der Waals surface area (Å²) in [6, 6.07) is 16.8. The number of hydrogen-bond donors (Lipinski definition) is 1. The summed E-state index contributed by atoms with van der Waals surface area (Å²) in [6.45, 7) is 4.37. The SMILES string of the molecule is CCC12C[C@@](C)(O)C(c3ccccc3)CC1CCc1cc(OCC=O)ccc12. The number of fused-ring (bicyclic) bond motifs is 3. The van der Waals surface area contributed by atoms with Gasteiger partial charge in [0.2, 0.25) is 0 Å². The first-order chi connectivity index (χ1) is 13.5. The number of rotatable bonds is 5. The first kappa shape index (κ1) is 19.2. The quantitative estimate of drug-likeness (QED) is 0.760. The first-order valence-electron chi connectivity index (χ1n) is 10.5. The number of aryl methyl sites for hydroxylation is 1. The number of benzene rings is 2. The summed E-state index contributed by atoms with van der Waals surface area (Å²) in [5, 5.41) is 11.6. The molecule has 4 rings (SSSR count). The third-order valence-electron chi connectivity index (χ3n) is 7.25. The van der Waals surface area contributed by atoms with Crippen LogP contribution in [0.3, 0.4) is 0 Å². The van der Waals surface area contributed by atoms with Gasteiger partial charge in [0.15, 0.2) is 6.29 Å². The lowest BCUT2D eigenvalue weighted by Gasteiger charge is -2.56. The lowest BCUT2D eigenvalue weighted by molar-refractivity contribution is -0.109. The van der Waals surface area contributed by atoms with Crippen LogP contribution in [-0.2, 0) is 16.6 Å². The number of carbonyl (C=O) groups is 1. The smallest absolute Gasteiger partial charge is 0.157 e. The maximum absolute atomic E-state index is 11.6. The van der Waals surface area contributed by atoms with Gasteiger partial charge in [0, 0.05) is 11.3 Å². The molecule has 2 aliphatic rings. The fourth-order valence-electron chi connectivity index (χ4n) is 5.98. The largest absolute Gasteiger partial charge is 0.486 e. The van der Waals surface area contributed by atoms with E-state index < -0.39 is 5.60 Å². The molecule has 2 aromatic rings. The van der Waals surface area contributed by atoms with E-state index in [0.29, 0.717) is 5.92 Å². The van der Waals surface area contributed by atoms with Crippen LogP contribution in [-0.4, -0.2) is 23.6 Å². The number of aliphatic hydroxyl groups is 1. The Balaban J connectivity index is 1.71. The van der Waals surface area contributed by atoms with Crippen molar-refractivity contribution in [1.29, 1.82) is 0 Å². The predicted molar refractivity (Wildman–Crippen MR) is 111 cm³/mol. The summed E-state index contributed by atoms with van der Waals surface area (Å²) >= 11 is 0. The lowest BCUT2D eigenvalue weighted by Crippen LogP contribution is -2.53. The van der Waals surface area contributed by atoms with Crippen molar-refractivity contribution in [2.24, 2.45) is 5.92 Å². The molecule has 0 spiro atoms. The summed E-state index contributed by atoms with van der Waals surface area (Å²) < 4.78 is 5.52. The molecule has 1 N–H and O–H groups in total. The van der Waals surface area contributed by atoms with Gasteiger partial charge in [0.25, 0.3) is 0 Å². The second-order valence-corrected chi connectivity index (χ2v) is 8.77. The molecule has 3 unspecified atom stereocenters. The molecule has 0 heterocycles. The molecule has 0 radical (unpaired) electrons. The molecule has 0 saturated heterocycles. The van der Waals surface area contributed by atoms with E-state index in [4.69, 9.17) is 4.74 Å². The molecule has 1 fully saturated rings. The molecule has 148 valence electrons. The highest BCUT2D eigenvalue weighted by Crippen LogP contribution is 2.58. The molecule has 0 aliphatic heterocycles. The van der Waals surface area contributed by atoms with Crippen LogP contribution < -0.4 is 4.74 Å². The summed E-state index contributed by atoms with van der Waals surface area (Å²) in [6.07, 6.45) is 5.78. The van der Waals surface area contributed by atoms with Crippen LogP contribution in [0.4, 0.5) is 0 Å². The van der Waals surface area contributed by atoms with E-state index >= 15 is 0 Å². The van der Waals surface area contributed by atoms with Crippen LogP contribution in [0.2, 0.25) is 0 Å². The Morgan fingerprint density at radius 3 is 2.71 bits per heavy atom. The van der Waals surface area contributed by atoms with E-state index in [1.54, 1.807) is 0 Å². The van der Waals surface area contributed by atoms with Crippen molar-refractivity contribution >= 4 is 6.29 Å². The summed E-state index contributed by atoms with van der Waals surface area (Å²) in [5.41, 5.74) is 3.20. The van der Waals surface area contributed by atoms with Crippen LogP contribution in [0.1, 0.15) is 62.1 Å². The summed E-state index contributed by atoms with van der Waals surface area (Å²) in [5.74, 6) is 1.51. The van der Waals surface area contributed by atoms with Gasteiger partial charge in [0.05, 0.1) is 5.60 Å². The van der Waals surface area contributed by atoms with Gasteiger partial charge in [-0.3, -0.25) is 4.79 Å². The number of carbonyl (C=O) groups excluding carboxylic acids is 1. The highest BCUT2D eigenvalue weighted by atomic mass is 16.5. The zero-order chi connectivity index (χ0) is 19.8. The normalized spacial score (nSPS) is 31.5. The minimum absolute atomic E-state index is 0.00551. The predicted octanol–water partition coefficient (Wildman–Crippen LogP) is 4.80. The van der Waals surface area contributed by atoms with Crippen LogP contribution in [0, 0.1) is 5.92 Å². The highest BCUT2D eigenvalue weighted by Gasteiger charge is 2.54. The van der Waals surface area contributed by atoms with Crippen molar-refractivity contribution < 1.29 is 14.6 Å². The Kier molecular flexibility index (Phi) is 5.05. The molecule has 2 aromatic carbocycles. The van der Waals surface area contributed by atoms with E-state index in [0.717, 1.165) is 44.1 Å². The molecule has 0 amide bonds. The fourth-order valence-corrected chi connectivity index (χ4v) is 5.98. The molecule has 1 saturated carbocycles. The molecule has 28 heavy (non-hydrogen) atoms. The average molecular weight is 379 g/mol. The van der Waals surface area contributed by atoms with Crippen molar-refractivity contribution in [2.45, 2.75) is 62.9 Å². The second kappa shape index (κ2) is 7.36. The van der Waals surface area contributed by atoms with Gasteiger partial charge in [0.1, 0.15) is 12.4 Å². The number of hydrogen-bond acceptors (Lipinski definition) is 3. The minimum atomic E-state index is -0.741. The van der Waals surface area contributed by atoms with Gasteiger partial charge in [-0.15, -0.1) is 0 Å². The molecule has 3 heteroatoms. The van der Waals surface area contributed by atoms with Gasteiger partial charge < -0.3 is 9.84 Å². The molecular formula is C25H30O3. The molecule has 2 aliphatic carbocycles. The van der Waals surface area contributed by atoms with E-state index in [1.165, 1.54) is 16.7 Å². The topological polar surface area (TPSA) is 46.5 Å². The first-order valence-corrected chi connectivity index (χ1v) is 10.5. The van der Waals surface area contributed by atoms with Crippen molar-refractivity contribution in [3.63, 3.8) is 0 Å². The van der Waals surface area contributed by atoms with Gasteiger partial charge >= 0.3 is 0 Å². The average Bonchev–Trinajstić information content (AvgIpc) is 2.71. The van der Waals surface area contributed by atoms with E-state index in [-0.39, 0.29) is 17.9 Å². The molecule has 3 nitrogen and oxygen atoms in total. The van der Waals surface area contributed by atoms with E-state index in [1.807, 2.05) is 19.1 Å². The maximum Gasteiger partial charge on any atom is 0.157 e. The van der Waals surface area contributed by atoms with Crippen molar-refractivity contribution in [2.75, 3.05) is 6.61 Å². The maximum atomic E-state index is 11.6. The Hall–Kier alpha value is -2.13. The highest BCUT2D eigenvalue weighted by molar-refractivity contribution is 5.52. The summed E-state index contributed by atoms with van der Waals surface area (Å²) in [7, 11) is 0. The van der Waals surface area contributed by atoms with E-state index in [9.17, 15) is 9.90 Å². The third-order valence-corrected chi connectivity index (χ3v) is 7.25. The Labute approximate surface area is 167 Å². The Bertz CT molecular complexity index is 842. The van der Waals surface area contributed by atoms with Gasteiger partial charge in [-0.2, -0.15) is 0 Å². The number of ether oxygens (including phenoxy) is 1. The second-order valence-electron chi connectivity index (χ2n) is 8.77. The van der Waals surface area contributed by atoms with Gasteiger partial charge in [-0.25, -0.2) is 0 Å². The van der Waals surface area contributed by atoms with Crippen LogP contribution >= 0.6 is 0 Å². The monoisotopic (exact) mass is 378 g/mol. The Morgan fingerprint density at radius 1 is 1.21 bits per heavy atom. The molecular weight excluding hydrogens is 348 g/mol. The van der Waals surface area contributed by atoms with Crippen molar-refractivity contribution in [3.05, 3.63) is 65.2 Å². The van der Waals surface area contributed by atoms with Crippen LogP contribution in [0.15, 0.2) is 48.5 Å². The van der Waals surface area contributed by atoms with Gasteiger partial charge in [-0.05, 0) is 73.8 Å². The fraction of sp³-hybridized carbons (Fsp3) is 0.480. The van der Waals surface area contributed by atoms with Crippen LogP contribution in [0.5, 0.6) is 5.75 Å². The Morgan fingerprint density at radius 2 is 2.00 bits per heavy atom. The van der Waals surface area contributed by atoms with E-state index in [2.05, 4.69) is 43.3 Å². The standard InChI is InChI=1S/C25H30O3/c1-3-25-17-24(2,27)23(18-7-5-4-6-8-18)16-20(25)10-9-19-15-21(28-14-13-26)11-12-22(19)25/h4-8,11-13,15,20,23,27H,3,9-10,14,16-17H2,1-2H3/t20?,23?,24-,25?/m1/s1.